The van der Waals surface area contributed by atoms with Crippen molar-refractivity contribution < 1.29 is 24.1 Å². The molecule has 26 heavy (non-hydrogen) atoms. The van der Waals surface area contributed by atoms with Gasteiger partial charge in [-0.2, -0.15) is 0 Å². The molecule has 0 saturated heterocycles. The van der Waals surface area contributed by atoms with Crippen molar-refractivity contribution in [3.63, 3.8) is 0 Å². The molecule has 6 nitrogen and oxygen atoms in total. The summed E-state index contributed by atoms with van der Waals surface area (Å²) in [6.07, 6.45) is 2.24. The van der Waals surface area contributed by atoms with Crippen LogP contribution in [0, 0.1) is 0 Å². The van der Waals surface area contributed by atoms with Crippen molar-refractivity contribution in [2.45, 2.75) is 45.3 Å². The van der Waals surface area contributed by atoms with Crippen LogP contribution in [0.4, 0.5) is 0 Å². The van der Waals surface area contributed by atoms with Crippen LogP contribution in [0.5, 0.6) is 11.5 Å². The summed E-state index contributed by atoms with van der Waals surface area (Å²) in [5.74, 6) is 0.860. The predicted octanol–water partition coefficient (Wildman–Crippen LogP) is 3.04. The van der Waals surface area contributed by atoms with Gasteiger partial charge in [0, 0.05) is 11.5 Å². The molecule has 2 rings (SSSR count). The molecule has 0 fully saturated rings. The van der Waals surface area contributed by atoms with Gasteiger partial charge in [-0.25, -0.2) is 4.79 Å². The lowest BCUT2D eigenvalue weighted by Crippen LogP contribution is -2.35. The number of rotatable bonds is 8. The zero-order valence-electron chi connectivity index (χ0n) is 15.6. The number of fused-ring (bicyclic) bond motifs is 1. The van der Waals surface area contributed by atoms with Crippen LogP contribution in [0.3, 0.4) is 0 Å². The number of hydrogen-bond donors (Lipinski definition) is 2. The van der Waals surface area contributed by atoms with Gasteiger partial charge in [-0.15, -0.1) is 0 Å². The Morgan fingerprint density at radius 1 is 1.31 bits per heavy atom. The van der Waals surface area contributed by atoms with E-state index in [1.807, 2.05) is 13.0 Å². The van der Waals surface area contributed by atoms with Gasteiger partial charge in [0.2, 0.25) is 5.75 Å². The summed E-state index contributed by atoms with van der Waals surface area (Å²) in [7, 11) is 1.49. The standard InChI is InChI=1S/C20H26O6/c1-13(5-9-16(21)20(2,3)23)11-12-25-15-8-6-14-7-10-17(22)26-18(14)19(15)24-4/h6-8,10-11,16,21,23H,5,9,12H2,1-4H3/b13-11+/t16-/m0/s1. The Morgan fingerprint density at radius 3 is 2.65 bits per heavy atom. The second-order valence-corrected chi connectivity index (χ2v) is 6.84. The molecule has 2 N–H and O–H groups in total. The molecule has 0 spiro atoms. The molecule has 0 aliphatic carbocycles. The highest BCUT2D eigenvalue weighted by Crippen LogP contribution is 2.34. The zero-order chi connectivity index (χ0) is 19.3. The largest absolute Gasteiger partial charge is 0.490 e. The van der Waals surface area contributed by atoms with Gasteiger partial charge in [-0.3, -0.25) is 0 Å². The molecule has 2 aromatic rings. The van der Waals surface area contributed by atoms with E-state index >= 15 is 0 Å². The Labute approximate surface area is 152 Å². The summed E-state index contributed by atoms with van der Waals surface area (Å²) in [5, 5.41) is 20.4. The monoisotopic (exact) mass is 362 g/mol. The van der Waals surface area contributed by atoms with Crippen molar-refractivity contribution >= 4 is 11.0 Å². The Kier molecular flexibility index (Phi) is 6.45. The van der Waals surface area contributed by atoms with Crippen LogP contribution in [0.1, 0.15) is 33.6 Å². The summed E-state index contributed by atoms with van der Waals surface area (Å²) < 4.78 is 16.3. The maximum absolute atomic E-state index is 11.5. The summed E-state index contributed by atoms with van der Waals surface area (Å²) in [4.78, 5) is 11.5. The van der Waals surface area contributed by atoms with Gasteiger partial charge in [0.25, 0.3) is 0 Å². The second-order valence-electron chi connectivity index (χ2n) is 6.84. The lowest BCUT2D eigenvalue weighted by Gasteiger charge is -2.24. The third kappa shape index (κ3) is 5.09. The van der Waals surface area contributed by atoms with Gasteiger partial charge in [0.1, 0.15) is 6.61 Å². The van der Waals surface area contributed by atoms with E-state index in [0.717, 1.165) is 11.0 Å². The minimum atomic E-state index is -1.11. The number of aliphatic hydroxyl groups excluding tert-OH is 1. The average molecular weight is 362 g/mol. The molecule has 0 aliphatic heterocycles. The van der Waals surface area contributed by atoms with Crippen LogP contribution < -0.4 is 15.1 Å². The van der Waals surface area contributed by atoms with Crippen molar-refractivity contribution in [2.24, 2.45) is 0 Å². The SMILES string of the molecule is COc1c(OC/C=C(\C)CC[C@H](O)C(C)(C)O)ccc2ccc(=O)oc12. The van der Waals surface area contributed by atoms with Crippen LogP contribution in [0.25, 0.3) is 11.0 Å². The van der Waals surface area contributed by atoms with Crippen LogP contribution in [0.2, 0.25) is 0 Å². The average Bonchev–Trinajstić information content (AvgIpc) is 2.58. The van der Waals surface area contributed by atoms with Crippen LogP contribution in [-0.2, 0) is 0 Å². The lowest BCUT2D eigenvalue weighted by molar-refractivity contribution is -0.0509. The molecular formula is C20H26O6. The summed E-state index contributed by atoms with van der Waals surface area (Å²) in [6.45, 7) is 5.43. The van der Waals surface area contributed by atoms with Crippen molar-refractivity contribution in [1.29, 1.82) is 0 Å². The van der Waals surface area contributed by atoms with E-state index < -0.39 is 17.3 Å². The van der Waals surface area contributed by atoms with Gasteiger partial charge < -0.3 is 24.1 Å². The Bertz CT molecular complexity index is 828. The number of aliphatic hydroxyl groups is 2. The molecule has 1 heterocycles. The topological polar surface area (TPSA) is 89.1 Å². The van der Waals surface area contributed by atoms with Gasteiger partial charge >= 0.3 is 5.63 Å². The molecule has 0 saturated carbocycles. The molecule has 1 aromatic carbocycles. The van der Waals surface area contributed by atoms with E-state index in [1.165, 1.54) is 13.2 Å². The predicted molar refractivity (Wildman–Crippen MR) is 99.8 cm³/mol. The molecule has 0 amide bonds. The highest BCUT2D eigenvalue weighted by Gasteiger charge is 2.23. The number of allylic oxidation sites excluding steroid dienone is 1. The highest BCUT2D eigenvalue weighted by molar-refractivity contribution is 5.85. The number of methoxy groups -OCH3 is 1. The molecule has 6 heteroatoms. The number of hydrogen-bond acceptors (Lipinski definition) is 6. The normalized spacial score (nSPS) is 13.7. The zero-order valence-corrected chi connectivity index (χ0v) is 15.6. The minimum Gasteiger partial charge on any atom is -0.490 e. The maximum atomic E-state index is 11.5. The molecular weight excluding hydrogens is 336 g/mol. The van der Waals surface area contributed by atoms with Crippen molar-refractivity contribution in [3.05, 3.63) is 46.3 Å². The van der Waals surface area contributed by atoms with E-state index in [2.05, 4.69) is 0 Å². The molecule has 0 unspecified atom stereocenters. The van der Waals surface area contributed by atoms with Gasteiger partial charge in [-0.1, -0.05) is 5.57 Å². The first-order valence-electron chi connectivity index (χ1n) is 8.52. The van der Waals surface area contributed by atoms with Gasteiger partial charge in [0.15, 0.2) is 11.3 Å². The third-order valence-electron chi connectivity index (χ3n) is 4.21. The van der Waals surface area contributed by atoms with E-state index in [-0.39, 0.29) is 0 Å². The summed E-state index contributed by atoms with van der Waals surface area (Å²) in [6, 6.07) is 6.59. The van der Waals surface area contributed by atoms with Gasteiger partial charge in [0.05, 0.1) is 18.8 Å². The fourth-order valence-corrected chi connectivity index (χ4v) is 2.49. The van der Waals surface area contributed by atoms with Crippen LogP contribution in [-0.4, -0.2) is 35.6 Å². The highest BCUT2D eigenvalue weighted by atomic mass is 16.5. The van der Waals surface area contributed by atoms with Crippen molar-refractivity contribution in [3.8, 4) is 11.5 Å². The molecule has 1 atom stereocenters. The van der Waals surface area contributed by atoms with Crippen molar-refractivity contribution in [1.82, 2.24) is 0 Å². The lowest BCUT2D eigenvalue weighted by atomic mass is 9.96. The van der Waals surface area contributed by atoms with E-state index in [4.69, 9.17) is 13.9 Å². The first-order valence-corrected chi connectivity index (χ1v) is 8.52. The Morgan fingerprint density at radius 2 is 2.00 bits per heavy atom. The molecule has 0 bridgehead atoms. The van der Waals surface area contributed by atoms with Crippen molar-refractivity contribution in [2.75, 3.05) is 13.7 Å². The summed E-state index contributed by atoms with van der Waals surface area (Å²) in [5.41, 5.74) is -0.167. The second kappa shape index (κ2) is 8.38. The fourth-order valence-electron chi connectivity index (χ4n) is 2.49. The first kappa shape index (κ1) is 20.0. The van der Waals surface area contributed by atoms with Gasteiger partial charge in [-0.05, 0) is 57.9 Å². The minimum absolute atomic E-state index is 0.309. The Balaban J connectivity index is 2.04. The van der Waals surface area contributed by atoms with Crippen LogP contribution in [0.15, 0.2) is 45.1 Å². The fraction of sp³-hybridized carbons (Fsp3) is 0.450. The van der Waals surface area contributed by atoms with Crippen LogP contribution >= 0.6 is 0 Å². The molecule has 0 radical (unpaired) electrons. The smallest absolute Gasteiger partial charge is 0.336 e. The number of benzene rings is 1. The quantitative estimate of drug-likeness (QED) is 0.554. The molecule has 0 aliphatic rings. The molecule has 142 valence electrons. The van der Waals surface area contributed by atoms with E-state index in [0.29, 0.717) is 36.5 Å². The first-order chi connectivity index (χ1) is 12.2. The maximum Gasteiger partial charge on any atom is 0.336 e. The number of ether oxygens (including phenoxy) is 2. The summed E-state index contributed by atoms with van der Waals surface area (Å²) >= 11 is 0. The Hall–Kier alpha value is -2.31. The van der Waals surface area contributed by atoms with E-state index in [1.54, 1.807) is 32.0 Å². The third-order valence-corrected chi connectivity index (χ3v) is 4.21. The molecule has 1 aromatic heterocycles. The van der Waals surface area contributed by atoms with E-state index in [9.17, 15) is 15.0 Å².